The third-order valence-corrected chi connectivity index (χ3v) is 4.88. The van der Waals surface area contributed by atoms with Gasteiger partial charge in [0.1, 0.15) is 12.2 Å². The number of carbonyl (C=O) groups is 2. The molecule has 0 fully saturated rings. The number of hydrogen-bond donors (Lipinski definition) is 5. The lowest BCUT2D eigenvalue weighted by atomic mass is 10.2. The average molecular weight is 436 g/mol. The molecular formula is C24H27N4O4+. The second kappa shape index (κ2) is 11.5. The summed E-state index contributed by atoms with van der Waals surface area (Å²) < 4.78 is 0. The standard InChI is InChI=1S/C24H26N4O4/c29-21-19(25-13-7-15-27-23(31)17-9-3-1-4-10-17)22(30)20(21)26-14-8-16-28-24(32)18-11-5-2-6-12-18/h1-6,9-12,25,29H,7-8,13-16H2,(H,27,31)(H,28,32)/p+1. The Kier molecular flexibility index (Phi) is 8.14. The number of benzene rings is 2. The molecule has 8 nitrogen and oxygen atoms in total. The Balaban J connectivity index is 1.34. The molecule has 8 heteroatoms. The summed E-state index contributed by atoms with van der Waals surface area (Å²) in [6.07, 6.45) is 1.21. The van der Waals surface area contributed by atoms with Crippen LogP contribution in [-0.4, -0.2) is 43.1 Å². The predicted octanol–water partition coefficient (Wildman–Crippen LogP) is -0.339. The molecule has 32 heavy (non-hydrogen) atoms. The van der Waals surface area contributed by atoms with Gasteiger partial charge in [0, 0.05) is 37.2 Å². The van der Waals surface area contributed by atoms with E-state index in [0.29, 0.717) is 50.1 Å². The van der Waals surface area contributed by atoms with Crippen LogP contribution in [0.5, 0.6) is 5.75 Å². The van der Waals surface area contributed by atoms with Gasteiger partial charge in [-0.05, 0) is 30.7 Å². The fraction of sp³-hybridized carbons (Fsp3) is 0.250. The van der Waals surface area contributed by atoms with Gasteiger partial charge in [-0.1, -0.05) is 36.4 Å². The molecule has 0 heterocycles. The largest absolute Gasteiger partial charge is 0.501 e. The number of aromatic hydroxyl groups is 1. The molecule has 0 aliphatic rings. The molecule has 0 aliphatic carbocycles. The molecule has 5 N–H and O–H groups in total. The molecule has 3 aromatic rings. The highest BCUT2D eigenvalue weighted by molar-refractivity contribution is 5.94. The summed E-state index contributed by atoms with van der Waals surface area (Å²) >= 11 is 0. The van der Waals surface area contributed by atoms with Gasteiger partial charge in [-0.3, -0.25) is 14.4 Å². The fourth-order valence-electron chi connectivity index (χ4n) is 3.12. The van der Waals surface area contributed by atoms with Crippen LogP contribution in [0.3, 0.4) is 0 Å². The summed E-state index contributed by atoms with van der Waals surface area (Å²) in [6.45, 7) is 1.79. The van der Waals surface area contributed by atoms with Gasteiger partial charge in [-0.2, -0.15) is 0 Å². The van der Waals surface area contributed by atoms with Gasteiger partial charge >= 0.3 is 0 Å². The Morgan fingerprint density at radius 1 is 0.781 bits per heavy atom. The Labute approximate surface area is 185 Å². The molecule has 0 radical (unpaired) electrons. The third-order valence-electron chi connectivity index (χ3n) is 4.88. The van der Waals surface area contributed by atoms with Crippen LogP contribution in [0.4, 0.5) is 5.69 Å². The van der Waals surface area contributed by atoms with E-state index in [1.54, 1.807) is 48.5 Å². The van der Waals surface area contributed by atoms with Gasteiger partial charge in [0.15, 0.2) is 0 Å². The van der Waals surface area contributed by atoms with E-state index in [1.165, 1.54) is 0 Å². The van der Waals surface area contributed by atoms with Crippen molar-refractivity contribution in [1.82, 2.24) is 10.6 Å². The molecule has 0 atom stereocenters. The number of anilines is 1. The second-order valence-corrected chi connectivity index (χ2v) is 7.23. The Hall–Kier alpha value is -3.94. The minimum absolute atomic E-state index is 0.0864. The minimum Gasteiger partial charge on any atom is -0.501 e. The van der Waals surface area contributed by atoms with E-state index in [4.69, 9.17) is 0 Å². The van der Waals surface area contributed by atoms with Gasteiger partial charge in [0.05, 0.1) is 0 Å². The molecule has 2 amide bonds. The van der Waals surface area contributed by atoms with Crippen LogP contribution in [0, 0.1) is 0 Å². The van der Waals surface area contributed by atoms with Crippen molar-refractivity contribution in [3.05, 3.63) is 87.4 Å². The first-order valence-corrected chi connectivity index (χ1v) is 10.6. The van der Waals surface area contributed by atoms with Crippen molar-refractivity contribution >= 4 is 17.5 Å². The third kappa shape index (κ3) is 6.04. The summed E-state index contributed by atoms with van der Waals surface area (Å²) in [5.41, 5.74) is 1.10. The lowest BCUT2D eigenvalue weighted by molar-refractivity contribution is -0.502. The van der Waals surface area contributed by atoms with Crippen molar-refractivity contribution in [2.24, 2.45) is 0 Å². The molecule has 0 saturated heterocycles. The van der Waals surface area contributed by atoms with Crippen LogP contribution in [0.25, 0.3) is 0 Å². The fourth-order valence-corrected chi connectivity index (χ4v) is 3.12. The molecule has 0 saturated carbocycles. The van der Waals surface area contributed by atoms with Crippen molar-refractivity contribution < 1.29 is 19.7 Å². The summed E-state index contributed by atoms with van der Waals surface area (Å²) in [5, 5.41) is 18.8. The lowest BCUT2D eigenvalue weighted by Crippen LogP contribution is -2.81. The van der Waals surface area contributed by atoms with Crippen LogP contribution < -0.4 is 31.7 Å². The minimum atomic E-state index is -0.274. The molecule has 0 bridgehead atoms. The Bertz CT molecular complexity index is 1120. The number of rotatable bonds is 11. The maximum absolute atomic E-state index is 12.2. The van der Waals surface area contributed by atoms with E-state index < -0.39 is 0 Å². The zero-order valence-electron chi connectivity index (χ0n) is 17.7. The van der Waals surface area contributed by atoms with Crippen LogP contribution in [0.1, 0.15) is 33.6 Å². The van der Waals surface area contributed by atoms with Crippen molar-refractivity contribution in [2.45, 2.75) is 12.8 Å². The van der Waals surface area contributed by atoms with Gasteiger partial charge in [0.25, 0.3) is 22.6 Å². The average Bonchev–Trinajstić information content (AvgIpc) is 2.84. The van der Waals surface area contributed by atoms with E-state index >= 15 is 0 Å². The second-order valence-electron chi connectivity index (χ2n) is 7.23. The Morgan fingerprint density at radius 3 is 1.84 bits per heavy atom. The van der Waals surface area contributed by atoms with Crippen LogP contribution in [-0.2, 0) is 0 Å². The maximum atomic E-state index is 12.2. The molecule has 166 valence electrons. The monoisotopic (exact) mass is 435 g/mol. The summed E-state index contributed by atoms with van der Waals surface area (Å²) in [4.78, 5) is 39.0. The van der Waals surface area contributed by atoms with Gasteiger partial charge in [0.2, 0.25) is 5.75 Å². The van der Waals surface area contributed by atoms with Crippen molar-refractivity contribution in [2.75, 3.05) is 31.5 Å². The highest BCUT2D eigenvalue weighted by Gasteiger charge is 2.22. The quantitative estimate of drug-likeness (QED) is 0.264. The van der Waals surface area contributed by atoms with E-state index in [1.807, 2.05) is 12.1 Å². The summed E-state index contributed by atoms with van der Waals surface area (Å²) in [7, 11) is 0. The summed E-state index contributed by atoms with van der Waals surface area (Å²) in [5.74, 6) is -0.379. The first-order valence-electron chi connectivity index (χ1n) is 10.6. The van der Waals surface area contributed by atoms with Crippen LogP contribution >= 0.6 is 0 Å². The molecule has 3 aromatic carbocycles. The smallest absolute Gasteiger partial charge is 0.293 e. The zero-order chi connectivity index (χ0) is 22.8. The van der Waals surface area contributed by atoms with E-state index in [0.717, 1.165) is 0 Å². The molecule has 0 aromatic heterocycles. The molecule has 3 rings (SSSR count). The molecular weight excluding hydrogens is 408 g/mol. The van der Waals surface area contributed by atoms with Gasteiger partial charge < -0.3 is 21.1 Å². The Morgan fingerprint density at radius 2 is 1.31 bits per heavy atom. The van der Waals surface area contributed by atoms with Crippen LogP contribution in [0.15, 0.2) is 65.5 Å². The SMILES string of the molecule is O=C(NCCCNc1c(O)c(=[NH+]CCCNC(=O)c2ccccc2)c1=O)c1ccccc1. The summed E-state index contributed by atoms with van der Waals surface area (Å²) in [6, 6.07) is 17.9. The van der Waals surface area contributed by atoms with Crippen LogP contribution in [0.2, 0.25) is 0 Å². The number of hydrogen-bond acceptors (Lipinski definition) is 5. The molecule has 0 unspecified atom stereocenters. The van der Waals surface area contributed by atoms with Crippen molar-refractivity contribution in [3.63, 3.8) is 0 Å². The number of amides is 2. The van der Waals surface area contributed by atoms with E-state index in [-0.39, 0.29) is 34.0 Å². The highest BCUT2D eigenvalue weighted by Crippen LogP contribution is 2.13. The van der Waals surface area contributed by atoms with E-state index in [9.17, 15) is 19.5 Å². The zero-order valence-corrected chi connectivity index (χ0v) is 17.7. The van der Waals surface area contributed by atoms with Gasteiger partial charge in [-0.25, -0.2) is 4.99 Å². The molecule has 0 aliphatic heterocycles. The topological polar surface area (TPSA) is 122 Å². The van der Waals surface area contributed by atoms with E-state index in [2.05, 4.69) is 20.9 Å². The normalized spacial score (nSPS) is 11.3. The van der Waals surface area contributed by atoms with Gasteiger partial charge in [-0.15, -0.1) is 0 Å². The highest BCUT2D eigenvalue weighted by atomic mass is 16.3. The first kappa shape index (κ1) is 22.7. The first-order chi connectivity index (χ1) is 15.6. The predicted molar refractivity (Wildman–Crippen MR) is 121 cm³/mol. The number of carbonyl (C=O) groups excluding carboxylic acids is 2. The number of nitrogens with one attached hydrogen (secondary N) is 4. The van der Waals surface area contributed by atoms with Crippen molar-refractivity contribution in [3.8, 4) is 5.75 Å². The van der Waals surface area contributed by atoms with Crippen molar-refractivity contribution in [1.29, 1.82) is 0 Å². The lowest BCUT2D eigenvalue weighted by Gasteiger charge is -2.09. The maximum Gasteiger partial charge on any atom is 0.293 e. The molecule has 0 spiro atoms.